The van der Waals surface area contributed by atoms with Crippen molar-refractivity contribution in [3.63, 3.8) is 0 Å². The Bertz CT molecular complexity index is 1760. The molecule has 1 fully saturated rings. The zero-order valence-corrected chi connectivity index (χ0v) is 22.5. The third-order valence-electron chi connectivity index (χ3n) is 7.43. The first-order valence-corrected chi connectivity index (χ1v) is 13.3. The molecule has 0 aliphatic heterocycles. The molecule has 5 aromatic rings. The number of nitrogens with zero attached hydrogens (tertiary/aromatic N) is 7. The maximum atomic E-state index is 16.8. The molecule has 1 aliphatic carbocycles. The highest BCUT2D eigenvalue weighted by atomic mass is 35.5. The molecule has 10 nitrogen and oxygen atoms in total. The van der Waals surface area contributed by atoms with Gasteiger partial charge in [-0.2, -0.15) is 0 Å². The van der Waals surface area contributed by atoms with Crippen LogP contribution in [0.2, 0.25) is 5.02 Å². The highest BCUT2D eigenvalue weighted by Crippen LogP contribution is 2.39. The van der Waals surface area contributed by atoms with Gasteiger partial charge in [0.15, 0.2) is 11.5 Å². The Morgan fingerprint density at radius 3 is 2.70 bits per heavy atom. The molecule has 1 unspecified atom stereocenters. The van der Waals surface area contributed by atoms with Crippen LogP contribution in [0.15, 0.2) is 46.1 Å². The first kappa shape index (κ1) is 26.2. The Morgan fingerprint density at radius 1 is 1.20 bits per heavy atom. The van der Waals surface area contributed by atoms with E-state index in [4.69, 9.17) is 11.6 Å². The molecule has 5 heterocycles. The van der Waals surface area contributed by atoms with E-state index in [1.54, 1.807) is 16.8 Å². The second-order valence-electron chi connectivity index (χ2n) is 10.4. The summed E-state index contributed by atoms with van der Waals surface area (Å²) < 4.78 is 38.1. The van der Waals surface area contributed by atoms with Gasteiger partial charge in [0.1, 0.15) is 22.7 Å². The van der Waals surface area contributed by atoms with Gasteiger partial charge in [-0.05, 0) is 49.8 Å². The van der Waals surface area contributed by atoms with Crippen molar-refractivity contribution in [1.29, 1.82) is 0 Å². The molecule has 1 saturated carbocycles. The first-order valence-electron chi connectivity index (χ1n) is 13.0. The van der Waals surface area contributed by atoms with Gasteiger partial charge in [-0.1, -0.05) is 36.5 Å². The van der Waals surface area contributed by atoms with Gasteiger partial charge in [-0.15, -0.1) is 0 Å². The number of aromatic nitrogens is 8. The Hall–Kier alpha value is -4.06. The minimum absolute atomic E-state index is 0.000551. The van der Waals surface area contributed by atoms with E-state index < -0.39 is 17.2 Å². The fraction of sp³-hybridized carbons (Fsp3) is 0.370. The van der Waals surface area contributed by atoms with Crippen molar-refractivity contribution >= 4 is 22.8 Å². The van der Waals surface area contributed by atoms with Crippen LogP contribution < -0.4 is 5.76 Å². The molecule has 5 aromatic heterocycles. The first-order chi connectivity index (χ1) is 19.2. The zero-order chi connectivity index (χ0) is 28.0. The molecule has 0 radical (unpaired) electrons. The quantitative estimate of drug-likeness (QED) is 0.286. The lowest BCUT2D eigenvalue weighted by molar-refractivity contribution is 0.203. The number of imidazole rings is 1. The third-order valence-corrected chi connectivity index (χ3v) is 7.64. The summed E-state index contributed by atoms with van der Waals surface area (Å²) in [6.45, 7) is 3.88. The van der Waals surface area contributed by atoms with Gasteiger partial charge in [0.05, 0.1) is 5.02 Å². The molecule has 0 amide bonds. The summed E-state index contributed by atoms with van der Waals surface area (Å²) >= 11 is 6.28. The number of alkyl halides is 1. The minimum Gasteiger partial charge on any atom is -0.321 e. The van der Waals surface area contributed by atoms with Gasteiger partial charge in [0.25, 0.3) is 0 Å². The van der Waals surface area contributed by atoms with E-state index in [2.05, 4.69) is 46.5 Å². The van der Waals surface area contributed by atoms with Gasteiger partial charge in [0.2, 0.25) is 17.3 Å². The number of pyridine rings is 2. The second kappa shape index (κ2) is 10.2. The molecule has 6 rings (SSSR count). The molecule has 206 valence electrons. The topological polar surface area (TPSA) is 128 Å². The van der Waals surface area contributed by atoms with Crippen molar-refractivity contribution in [2.45, 2.75) is 51.7 Å². The fourth-order valence-corrected chi connectivity index (χ4v) is 5.53. The van der Waals surface area contributed by atoms with Crippen molar-refractivity contribution in [3.8, 4) is 22.9 Å². The van der Waals surface area contributed by atoms with E-state index in [0.29, 0.717) is 34.3 Å². The van der Waals surface area contributed by atoms with Gasteiger partial charge in [-0.3, -0.25) is 19.5 Å². The number of H-pyrrole nitrogens is 1. The number of hydrogen-bond donors (Lipinski definition) is 1. The van der Waals surface area contributed by atoms with Crippen LogP contribution in [0, 0.1) is 17.7 Å². The van der Waals surface area contributed by atoms with Gasteiger partial charge >= 0.3 is 5.76 Å². The average Bonchev–Trinajstić information content (AvgIpc) is 3.53. The summed E-state index contributed by atoms with van der Waals surface area (Å²) in [4.78, 5) is 36.1. The molecule has 0 bridgehead atoms. The van der Waals surface area contributed by atoms with Crippen molar-refractivity contribution in [2.24, 2.45) is 11.8 Å². The molecule has 0 spiro atoms. The van der Waals surface area contributed by atoms with Crippen molar-refractivity contribution < 1.29 is 13.3 Å². The van der Waals surface area contributed by atoms with Crippen molar-refractivity contribution in [1.82, 2.24) is 39.6 Å². The summed E-state index contributed by atoms with van der Waals surface area (Å²) in [6.07, 6.45) is 8.40. The Kier molecular flexibility index (Phi) is 6.65. The zero-order valence-electron chi connectivity index (χ0n) is 21.7. The second-order valence-corrected chi connectivity index (χ2v) is 10.8. The lowest BCUT2D eigenvalue weighted by Gasteiger charge is -2.29. The monoisotopic (exact) mass is 566 g/mol. The maximum Gasteiger partial charge on any atom is 0.439 e. The molecule has 40 heavy (non-hydrogen) atoms. The van der Waals surface area contributed by atoms with Crippen molar-refractivity contribution in [2.75, 3.05) is 0 Å². The number of fused-ring (bicyclic) bond motifs is 1. The SMILES string of the molecule is CC1CCC(Cn2c(C(C)(F)c3ncccc3F)nc3nc(-c4noc(=O)[nH]4)nc(-c4cncc(Cl)c4)c32)CC1. The van der Waals surface area contributed by atoms with E-state index in [9.17, 15) is 9.18 Å². The standard InChI is InChI=1S/C27H25ClF2N8O2/c1-14-5-7-15(8-6-14)13-38-20-19(16-10-17(28)12-31-11-16)33-23(24-36-26(39)40-37-24)34-22(20)35-25(38)27(2,30)21-18(29)4-3-9-32-21/h3-4,9-12,14-15H,5-8,13H2,1-2H3,(H,36,37,39). The summed E-state index contributed by atoms with van der Waals surface area (Å²) in [6, 6.07) is 4.23. The van der Waals surface area contributed by atoms with Gasteiger partial charge in [-0.25, -0.2) is 28.5 Å². The van der Waals surface area contributed by atoms with Crippen LogP contribution in [0.1, 0.15) is 51.0 Å². The molecule has 1 atom stereocenters. The summed E-state index contributed by atoms with van der Waals surface area (Å²) in [5.74, 6) is -0.815. The van der Waals surface area contributed by atoms with Crippen LogP contribution in [0.5, 0.6) is 0 Å². The predicted molar refractivity (Wildman–Crippen MR) is 143 cm³/mol. The largest absolute Gasteiger partial charge is 0.439 e. The van der Waals surface area contributed by atoms with E-state index in [-0.39, 0.29) is 34.7 Å². The van der Waals surface area contributed by atoms with E-state index in [1.165, 1.54) is 25.4 Å². The average molecular weight is 567 g/mol. The molecule has 1 aliphatic rings. The van der Waals surface area contributed by atoms with E-state index >= 15 is 4.39 Å². The summed E-state index contributed by atoms with van der Waals surface area (Å²) in [5.41, 5.74) is -1.39. The van der Waals surface area contributed by atoms with Crippen LogP contribution in [-0.2, 0) is 12.2 Å². The molecule has 0 saturated heterocycles. The van der Waals surface area contributed by atoms with Crippen LogP contribution in [0.4, 0.5) is 8.78 Å². The smallest absolute Gasteiger partial charge is 0.321 e. The van der Waals surface area contributed by atoms with Crippen molar-refractivity contribution in [3.05, 3.63) is 69.7 Å². The normalized spacial score (nSPS) is 19.1. The lowest BCUT2D eigenvalue weighted by Crippen LogP contribution is -2.28. The van der Waals surface area contributed by atoms with E-state index in [0.717, 1.165) is 31.7 Å². The Balaban J connectivity index is 1.64. The van der Waals surface area contributed by atoms with Crippen LogP contribution in [-0.4, -0.2) is 39.6 Å². The number of rotatable bonds is 6. The Labute approximate surface area is 231 Å². The highest BCUT2D eigenvalue weighted by Gasteiger charge is 2.40. The van der Waals surface area contributed by atoms with Crippen LogP contribution in [0.25, 0.3) is 34.1 Å². The number of nitrogens with one attached hydrogen (secondary N) is 1. The predicted octanol–water partition coefficient (Wildman–Crippen LogP) is 5.48. The third kappa shape index (κ3) is 4.76. The molecule has 0 aromatic carbocycles. The minimum atomic E-state index is -2.42. The van der Waals surface area contributed by atoms with Gasteiger partial charge < -0.3 is 4.57 Å². The number of aromatic amines is 1. The molecular weight excluding hydrogens is 542 g/mol. The fourth-order valence-electron chi connectivity index (χ4n) is 5.35. The van der Waals surface area contributed by atoms with Gasteiger partial charge in [0, 0.05) is 30.7 Å². The molecule has 13 heteroatoms. The lowest BCUT2D eigenvalue weighted by atomic mass is 9.83. The van der Waals surface area contributed by atoms with Crippen LogP contribution in [0.3, 0.4) is 0 Å². The Morgan fingerprint density at radius 2 is 2.00 bits per heavy atom. The highest BCUT2D eigenvalue weighted by molar-refractivity contribution is 6.30. The van der Waals surface area contributed by atoms with Crippen LogP contribution >= 0.6 is 11.6 Å². The van der Waals surface area contributed by atoms with E-state index in [1.807, 2.05) is 0 Å². The number of halogens is 3. The maximum absolute atomic E-state index is 16.8. The molecular formula is C27H25ClF2N8O2. The number of hydrogen-bond acceptors (Lipinski definition) is 8. The summed E-state index contributed by atoms with van der Waals surface area (Å²) in [5, 5.41) is 4.07. The summed E-state index contributed by atoms with van der Waals surface area (Å²) in [7, 11) is 0. The molecule has 1 N–H and O–H groups in total.